The molecule has 0 saturated heterocycles. The molecule has 0 fully saturated rings. The van der Waals surface area contributed by atoms with Gasteiger partial charge in [0, 0.05) is 6.54 Å². The highest BCUT2D eigenvalue weighted by Gasteiger charge is 2.15. The molecule has 29 heavy (non-hydrogen) atoms. The number of nitrogens with one attached hydrogen (secondary N) is 1. The molecule has 1 N–H and O–H groups in total. The van der Waals surface area contributed by atoms with Crippen molar-refractivity contribution in [2.24, 2.45) is 0 Å². The quantitative estimate of drug-likeness (QED) is 0.410. The Hall–Kier alpha value is -2.72. The van der Waals surface area contributed by atoms with Crippen molar-refractivity contribution < 1.29 is 9.53 Å². The molecule has 0 aliphatic heterocycles. The molecule has 0 aliphatic carbocycles. The minimum absolute atomic E-state index is 0.173. The average molecular weight is 431 g/mol. The molecule has 3 rings (SSSR count). The summed E-state index contributed by atoms with van der Waals surface area (Å²) in [6.07, 6.45) is 1.76. The first-order valence-electron chi connectivity index (χ1n) is 8.92. The molecule has 0 bridgehead atoms. The fraction of sp³-hybridized carbons (Fsp3) is 0.316. The van der Waals surface area contributed by atoms with Crippen molar-refractivity contribution in [1.29, 1.82) is 0 Å². The maximum Gasteiger partial charge on any atom is 0.236 e. The summed E-state index contributed by atoms with van der Waals surface area (Å²) < 4.78 is 7.90. The van der Waals surface area contributed by atoms with Crippen LogP contribution < -0.4 is 10.1 Å². The standard InChI is InChI=1S/C19H22N6O2S2/c1-5-9-25-15(10-27-17-12(2)7-6-8-13(17)3)22-24-19(25)28-11-16(26)20-18-23-21-14(4)29-18/h5-8H,1,9-11H2,2-4H3,(H,20,23,26). The van der Waals surface area contributed by atoms with Gasteiger partial charge in [-0.1, -0.05) is 47.4 Å². The summed E-state index contributed by atoms with van der Waals surface area (Å²) in [5, 5.41) is 20.9. The van der Waals surface area contributed by atoms with Crippen LogP contribution in [0.25, 0.3) is 0 Å². The highest BCUT2D eigenvalue weighted by Crippen LogP contribution is 2.24. The average Bonchev–Trinajstić information content (AvgIpc) is 3.26. The summed E-state index contributed by atoms with van der Waals surface area (Å²) in [6.45, 7) is 10.5. The van der Waals surface area contributed by atoms with E-state index in [2.05, 4.69) is 32.3 Å². The van der Waals surface area contributed by atoms with Crippen LogP contribution >= 0.6 is 23.1 Å². The lowest BCUT2D eigenvalue weighted by Gasteiger charge is -2.12. The van der Waals surface area contributed by atoms with E-state index in [9.17, 15) is 4.79 Å². The van der Waals surface area contributed by atoms with Crippen molar-refractivity contribution in [2.45, 2.75) is 39.1 Å². The first-order chi connectivity index (χ1) is 14.0. The number of allylic oxidation sites excluding steroid dienone is 1. The van der Waals surface area contributed by atoms with Crippen LogP contribution in [0.15, 0.2) is 36.0 Å². The lowest BCUT2D eigenvalue weighted by Crippen LogP contribution is -2.15. The van der Waals surface area contributed by atoms with Gasteiger partial charge in [-0.2, -0.15) is 0 Å². The Morgan fingerprint density at radius 3 is 2.66 bits per heavy atom. The van der Waals surface area contributed by atoms with Crippen LogP contribution in [0.1, 0.15) is 22.0 Å². The molecule has 0 aliphatic rings. The third-order valence-electron chi connectivity index (χ3n) is 3.96. The first kappa shape index (κ1) is 21.0. The number of anilines is 1. The van der Waals surface area contributed by atoms with Gasteiger partial charge in [0.2, 0.25) is 11.0 Å². The number of ether oxygens (including phenoxy) is 1. The largest absolute Gasteiger partial charge is 0.485 e. The molecule has 0 atom stereocenters. The highest BCUT2D eigenvalue weighted by molar-refractivity contribution is 7.99. The molecule has 1 aromatic carbocycles. The van der Waals surface area contributed by atoms with E-state index in [1.807, 2.05) is 43.5 Å². The Bertz CT molecular complexity index is 994. The van der Waals surface area contributed by atoms with Crippen LogP contribution in [0.2, 0.25) is 0 Å². The predicted octanol–water partition coefficient (Wildman–Crippen LogP) is 3.55. The molecular formula is C19H22N6O2S2. The first-order valence-corrected chi connectivity index (χ1v) is 10.7. The van der Waals surface area contributed by atoms with Crippen LogP contribution in [0.4, 0.5) is 5.13 Å². The normalized spacial score (nSPS) is 10.7. The zero-order chi connectivity index (χ0) is 20.8. The molecule has 1 amide bonds. The van der Waals surface area contributed by atoms with E-state index < -0.39 is 0 Å². The van der Waals surface area contributed by atoms with Crippen LogP contribution in [0, 0.1) is 20.8 Å². The van der Waals surface area contributed by atoms with Crippen LogP contribution in [0.5, 0.6) is 5.75 Å². The maximum atomic E-state index is 12.2. The van der Waals surface area contributed by atoms with E-state index in [0.29, 0.717) is 22.7 Å². The maximum absolute atomic E-state index is 12.2. The fourth-order valence-corrected chi connectivity index (χ4v) is 4.02. The van der Waals surface area contributed by atoms with Crippen molar-refractivity contribution in [2.75, 3.05) is 11.1 Å². The zero-order valence-electron chi connectivity index (χ0n) is 16.5. The summed E-state index contributed by atoms with van der Waals surface area (Å²) in [6, 6.07) is 6.02. The number of benzene rings is 1. The van der Waals surface area contributed by atoms with Gasteiger partial charge < -0.3 is 4.74 Å². The van der Waals surface area contributed by atoms with Crippen LogP contribution in [0.3, 0.4) is 0 Å². The van der Waals surface area contributed by atoms with Gasteiger partial charge in [-0.05, 0) is 31.9 Å². The van der Waals surface area contributed by atoms with Gasteiger partial charge in [0.1, 0.15) is 17.4 Å². The topological polar surface area (TPSA) is 94.8 Å². The van der Waals surface area contributed by atoms with Gasteiger partial charge in [-0.15, -0.1) is 27.0 Å². The second kappa shape index (κ2) is 9.66. The Labute approximate surface area is 177 Å². The second-order valence-electron chi connectivity index (χ2n) is 6.27. The molecular weight excluding hydrogens is 408 g/mol. The molecule has 2 aromatic heterocycles. The molecule has 0 radical (unpaired) electrons. The van der Waals surface area contributed by atoms with E-state index in [-0.39, 0.29) is 18.3 Å². The number of nitrogens with zero attached hydrogens (tertiary/aromatic N) is 5. The summed E-state index contributed by atoms with van der Waals surface area (Å²) >= 11 is 2.63. The number of carbonyl (C=O) groups excluding carboxylic acids is 1. The molecule has 10 heteroatoms. The van der Waals surface area contributed by atoms with Crippen molar-refractivity contribution in [1.82, 2.24) is 25.0 Å². The highest BCUT2D eigenvalue weighted by atomic mass is 32.2. The molecule has 0 spiro atoms. The summed E-state index contributed by atoms with van der Waals surface area (Å²) in [7, 11) is 0. The number of para-hydroxylation sites is 1. The van der Waals surface area contributed by atoms with Crippen molar-refractivity contribution >= 4 is 34.1 Å². The van der Waals surface area contributed by atoms with Gasteiger partial charge in [-0.25, -0.2) is 0 Å². The Morgan fingerprint density at radius 2 is 2.00 bits per heavy atom. The number of thioether (sulfide) groups is 1. The lowest BCUT2D eigenvalue weighted by molar-refractivity contribution is -0.113. The number of aromatic nitrogens is 5. The number of carbonyl (C=O) groups is 1. The summed E-state index contributed by atoms with van der Waals surface area (Å²) in [4.78, 5) is 12.2. The minimum atomic E-state index is -0.173. The number of hydrogen-bond donors (Lipinski definition) is 1. The lowest BCUT2D eigenvalue weighted by atomic mass is 10.1. The molecule has 2 heterocycles. The van der Waals surface area contributed by atoms with E-state index >= 15 is 0 Å². The van der Waals surface area contributed by atoms with Crippen molar-refractivity contribution in [3.05, 3.63) is 52.8 Å². The number of rotatable bonds is 9. The van der Waals surface area contributed by atoms with E-state index in [0.717, 1.165) is 21.9 Å². The number of aryl methyl sites for hydroxylation is 3. The number of amides is 1. The third kappa shape index (κ3) is 5.42. The summed E-state index contributed by atoms with van der Waals surface area (Å²) in [5.74, 6) is 1.54. The van der Waals surface area contributed by atoms with E-state index in [1.54, 1.807) is 6.08 Å². The molecule has 0 unspecified atom stereocenters. The molecule has 3 aromatic rings. The minimum Gasteiger partial charge on any atom is -0.485 e. The molecule has 0 saturated carbocycles. The van der Waals surface area contributed by atoms with Gasteiger partial charge in [-0.3, -0.25) is 14.7 Å². The zero-order valence-corrected chi connectivity index (χ0v) is 18.1. The van der Waals surface area contributed by atoms with E-state index in [4.69, 9.17) is 4.74 Å². The van der Waals surface area contributed by atoms with Crippen molar-refractivity contribution in [3.63, 3.8) is 0 Å². The number of hydrogen-bond acceptors (Lipinski definition) is 8. The SMILES string of the molecule is C=CCn1c(COc2c(C)cccc2C)nnc1SCC(=O)Nc1nnc(C)s1. The van der Waals surface area contributed by atoms with Gasteiger partial charge in [0.15, 0.2) is 11.0 Å². The van der Waals surface area contributed by atoms with Crippen LogP contribution in [-0.4, -0.2) is 36.6 Å². The van der Waals surface area contributed by atoms with E-state index in [1.165, 1.54) is 23.1 Å². The monoisotopic (exact) mass is 430 g/mol. The third-order valence-corrected chi connectivity index (χ3v) is 5.69. The van der Waals surface area contributed by atoms with Crippen molar-refractivity contribution in [3.8, 4) is 5.75 Å². The van der Waals surface area contributed by atoms with Gasteiger partial charge >= 0.3 is 0 Å². The second-order valence-corrected chi connectivity index (χ2v) is 8.39. The predicted molar refractivity (Wildman–Crippen MR) is 114 cm³/mol. The Kier molecular flexibility index (Phi) is 6.99. The van der Waals surface area contributed by atoms with Gasteiger partial charge in [0.25, 0.3) is 0 Å². The molecule has 8 nitrogen and oxygen atoms in total. The Balaban J connectivity index is 1.64. The molecule has 152 valence electrons. The Morgan fingerprint density at radius 1 is 1.24 bits per heavy atom. The van der Waals surface area contributed by atoms with Gasteiger partial charge in [0.05, 0.1) is 5.75 Å². The van der Waals surface area contributed by atoms with Crippen LogP contribution in [-0.2, 0) is 17.9 Å². The smallest absolute Gasteiger partial charge is 0.236 e. The summed E-state index contributed by atoms with van der Waals surface area (Å²) in [5.41, 5.74) is 2.14. The fourth-order valence-electron chi connectivity index (χ4n) is 2.64.